The Kier molecular flexibility index (Phi) is 3.53. The zero-order valence-corrected chi connectivity index (χ0v) is 10.8. The molecule has 0 fully saturated rings. The van der Waals surface area contributed by atoms with Crippen LogP contribution in [0.3, 0.4) is 0 Å². The zero-order valence-electron chi connectivity index (χ0n) is 9.22. The van der Waals surface area contributed by atoms with Crippen molar-refractivity contribution in [3.8, 4) is 0 Å². The van der Waals surface area contributed by atoms with Gasteiger partial charge in [0, 0.05) is 26.0 Å². The fourth-order valence-corrected chi connectivity index (χ4v) is 1.83. The van der Waals surface area contributed by atoms with Crippen LogP contribution in [0.5, 0.6) is 0 Å². The van der Waals surface area contributed by atoms with Crippen molar-refractivity contribution in [3.05, 3.63) is 51.1 Å². The van der Waals surface area contributed by atoms with Crippen LogP contribution in [0.25, 0.3) is 0 Å². The van der Waals surface area contributed by atoms with Crippen molar-refractivity contribution < 1.29 is 0 Å². The number of aryl methyl sites for hydroxylation is 1. The standard InChI is InChI=1S/C11H11BrN4O/c1-16-11(17)10(12)9(7-15-16)14-6-8-2-4-13-5-3-8/h2-5,7,14H,6H2,1H3. The summed E-state index contributed by atoms with van der Waals surface area (Å²) >= 11 is 3.26. The van der Waals surface area contributed by atoms with Gasteiger partial charge in [-0.15, -0.1) is 0 Å². The predicted molar refractivity (Wildman–Crippen MR) is 68.7 cm³/mol. The fraction of sp³-hybridized carbons (Fsp3) is 0.182. The van der Waals surface area contributed by atoms with Crippen LogP contribution in [0.2, 0.25) is 0 Å². The second-order valence-electron chi connectivity index (χ2n) is 3.51. The molecule has 17 heavy (non-hydrogen) atoms. The molecule has 2 heterocycles. The third-order valence-electron chi connectivity index (χ3n) is 2.31. The molecule has 1 N–H and O–H groups in total. The maximum atomic E-state index is 11.6. The number of anilines is 1. The van der Waals surface area contributed by atoms with E-state index >= 15 is 0 Å². The molecule has 0 aromatic carbocycles. The lowest BCUT2D eigenvalue weighted by molar-refractivity contribution is 0.703. The van der Waals surface area contributed by atoms with Gasteiger partial charge in [-0.3, -0.25) is 9.78 Å². The molecular formula is C11H11BrN4O. The highest BCUT2D eigenvalue weighted by molar-refractivity contribution is 9.10. The molecular weight excluding hydrogens is 284 g/mol. The summed E-state index contributed by atoms with van der Waals surface area (Å²) in [5.41, 5.74) is 1.61. The third kappa shape index (κ3) is 2.71. The second-order valence-corrected chi connectivity index (χ2v) is 4.30. The van der Waals surface area contributed by atoms with Gasteiger partial charge < -0.3 is 5.32 Å². The Labute approximate surface area is 107 Å². The lowest BCUT2D eigenvalue weighted by Crippen LogP contribution is -2.21. The smallest absolute Gasteiger partial charge is 0.282 e. The molecule has 6 heteroatoms. The molecule has 0 unspecified atom stereocenters. The number of rotatable bonds is 3. The van der Waals surface area contributed by atoms with Crippen LogP contribution in [0.15, 0.2) is 40.0 Å². The molecule has 2 aromatic rings. The summed E-state index contributed by atoms with van der Waals surface area (Å²) in [4.78, 5) is 15.5. The minimum atomic E-state index is -0.162. The quantitative estimate of drug-likeness (QED) is 0.933. The highest BCUT2D eigenvalue weighted by Crippen LogP contribution is 2.16. The molecule has 2 aromatic heterocycles. The number of pyridine rings is 1. The molecule has 0 radical (unpaired) electrons. The van der Waals surface area contributed by atoms with Gasteiger partial charge in [0.1, 0.15) is 4.47 Å². The number of hydrogen-bond donors (Lipinski definition) is 1. The minimum Gasteiger partial charge on any atom is -0.379 e. The van der Waals surface area contributed by atoms with Crippen LogP contribution in [-0.4, -0.2) is 14.8 Å². The van der Waals surface area contributed by atoms with E-state index < -0.39 is 0 Å². The topological polar surface area (TPSA) is 59.8 Å². The van der Waals surface area contributed by atoms with Crippen molar-refractivity contribution in [2.75, 3.05) is 5.32 Å². The molecule has 0 atom stereocenters. The lowest BCUT2D eigenvalue weighted by atomic mass is 10.2. The summed E-state index contributed by atoms with van der Waals surface area (Å²) in [7, 11) is 1.61. The van der Waals surface area contributed by atoms with Crippen LogP contribution in [0, 0.1) is 0 Å². The van der Waals surface area contributed by atoms with Crippen LogP contribution in [0.4, 0.5) is 5.69 Å². The number of aromatic nitrogens is 3. The third-order valence-corrected chi connectivity index (χ3v) is 3.08. The fourth-order valence-electron chi connectivity index (χ4n) is 1.33. The highest BCUT2D eigenvalue weighted by atomic mass is 79.9. The van der Waals surface area contributed by atoms with Crippen molar-refractivity contribution in [1.82, 2.24) is 14.8 Å². The molecule has 0 aliphatic heterocycles. The van der Waals surface area contributed by atoms with Crippen molar-refractivity contribution in [2.45, 2.75) is 6.54 Å². The van der Waals surface area contributed by atoms with Crippen molar-refractivity contribution >= 4 is 21.6 Å². The van der Waals surface area contributed by atoms with E-state index in [2.05, 4.69) is 31.3 Å². The van der Waals surface area contributed by atoms with Crippen LogP contribution in [-0.2, 0) is 13.6 Å². The molecule has 0 bridgehead atoms. The number of halogens is 1. The van der Waals surface area contributed by atoms with Gasteiger partial charge in [0.15, 0.2) is 0 Å². The van der Waals surface area contributed by atoms with E-state index in [0.29, 0.717) is 16.7 Å². The monoisotopic (exact) mass is 294 g/mol. The van der Waals surface area contributed by atoms with Gasteiger partial charge in [0.2, 0.25) is 0 Å². The van der Waals surface area contributed by atoms with Crippen LogP contribution < -0.4 is 10.9 Å². The molecule has 0 aliphatic rings. The van der Waals surface area contributed by atoms with Crippen LogP contribution in [0.1, 0.15) is 5.56 Å². The van der Waals surface area contributed by atoms with Gasteiger partial charge in [-0.1, -0.05) is 0 Å². The van der Waals surface area contributed by atoms with E-state index in [1.165, 1.54) is 4.68 Å². The number of nitrogens with zero attached hydrogens (tertiary/aromatic N) is 3. The van der Waals surface area contributed by atoms with Gasteiger partial charge in [-0.05, 0) is 33.6 Å². The Morgan fingerprint density at radius 2 is 2.12 bits per heavy atom. The number of nitrogens with one attached hydrogen (secondary N) is 1. The largest absolute Gasteiger partial charge is 0.379 e. The second kappa shape index (κ2) is 5.09. The maximum absolute atomic E-state index is 11.6. The average Bonchev–Trinajstić information content (AvgIpc) is 2.36. The van der Waals surface area contributed by atoms with Crippen molar-refractivity contribution in [3.63, 3.8) is 0 Å². The Bertz CT molecular complexity index is 567. The lowest BCUT2D eigenvalue weighted by Gasteiger charge is -2.08. The average molecular weight is 295 g/mol. The first kappa shape index (κ1) is 11.8. The van der Waals surface area contributed by atoms with E-state index in [9.17, 15) is 4.79 Å². The van der Waals surface area contributed by atoms with Gasteiger partial charge in [-0.2, -0.15) is 5.10 Å². The van der Waals surface area contributed by atoms with Crippen molar-refractivity contribution in [2.24, 2.45) is 7.05 Å². The molecule has 5 nitrogen and oxygen atoms in total. The van der Waals surface area contributed by atoms with Gasteiger partial charge in [0.05, 0.1) is 11.9 Å². The SMILES string of the molecule is Cn1ncc(NCc2ccncc2)c(Br)c1=O. The maximum Gasteiger partial charge on any atom is 0.282 e. The molecule has 0 amide bonds. The summed E-state index contributed by atoms with van der Waals surface area (Å²) < 4.78 is 1.77. The highest BCUT2D eigenvalue weighted by Gasteiger charge is 2.05. The Morgan fingerprint density at radius 1 is 1.41 bits per heavy atom. The van der Waals surface area contributed by atoms with Gasteiger partial charge >= 0.3 is 0 Å². The first-order valence-electron chi connectivity index (χ1n) is 5.03. The molecule has 0 aliphatic carbocycles. The van der Waals surface area contributed by atoms with Gasteiger partial charge in [-0.25, -0.2) is 4.68 Å². The van der Waals surface area contributed by atoms with E-state index in [1.54, 1.807) is 25.6 Å². The predicted octanol–water partition coefficient (Wildman–Crippen LogP) is 1.55. The molecule has 0 saturated heterocycles. The summed E-state index contributed by atoms with van der Waals surface area (Å²) in [5.74, 6) is 0. The molecule has 2 rings (SSSR count). The van der Waals surface area contributed by atoms with E-state index in [1.807, 2.05) is 12.1 Å². The molecule has 0 saturated carbocycles. The first-order chi connectivity index (χ1) is 8.18. The van der Waals surface area contributed by atoms with E-state index in [0.717, 1.165) is 5.56 Å². The Morgan fingerprint density at radius 3 is 2.82 bits per heavy atom. The summed E-state index contributed by atoms with van der Waals surface area (Å²) in [6, 6.07) is 3.82. The summed E-state index contributed by atoms with van der Waals surface area (Å²) in [5, 5.41) is 7.10. The minimum absolute atomic E-state index is 0.162. The summed E-state index contributed by atoms with van der Waals surface area (Å²) in [6.07, 6.45) is 5.08. The molecule has 0 spiro atoms. The zero-order chi connectivity index (χ0) is 12.3. The van der Waals surface area contributed by atoms with E-state index in [-0.39, 0.29) is 5.56 Å². The normalized spacial score (nSPS) is 10.2. The first-order valence-corrected chi connectivity index (χ1v) is 5.82. The Balaban J connectivity index is 2.15. The Hall–Kier alpha value is -1.69. The molecule has 88 valence electrons. The van der Waals surface area contributed by atoms with Gasteiger partial charge in [0.25, 0.3) is 5.56 Å². The van der Waals surface area contributed by atoms with Crippen molar-refractivity contribution in [1.29, 1.82) is 0 Å². The number of hydrogen-bond acceptors (Lipinski definition) is 4. The van der Waals surface area contributed by atoms with E-state index in [4.69, 9.17) is 0 Å². The van der Waals surface area contributed by atoms with Crippen LogP contribution >= 0.6 is 15.9 Å². The summed E-state index contributed by atoms with van der Waals surface area (Å²) in [6.45, 7) is 0.621.